The normalized spacial score (nSPS) is 19.0. The number of likely N-dealkylation sites (N-methyl/N-ethyl adjacent to an activating group) is 1. The van der Waals surface area contributed by atoms with Crippen molar-refractivity contribution in [2.24, 2.45) is 5.92 Å². The number of methoxy groups -OCH3 is 1. The molecule has 0 N–H and O–H groups in total. The molecule has 9 heteroatoms. The average molecular weight is 408 g/mol. The van der Waals surface area contributed by atoms with Crippen LogP contribution in [0.2, 0.25) is 0 Å². The molecule has 3 rings (SSSR count). The zero-order valence-electron chi connectivity index (χ0n) is 17.8. The maximum absolute atomic E-state index is 5.93. The lowest BCUT2D eigenvalue weighted by Gasteiger charge is -2.43. The maximum atomic E-state index is 5.93. The molecule has 162 valence electrons. The van der Waals surface area contributed by atoms with Crippen LogP contribution in [0.1, 0.15) is 17.2 Å². The number of hydrogen-bond donors (Lipinski definition) is 0. The van der Waals surface area contributed by atoms with Crippen molar-refractivity contribution in [3.8, 4) is 0 Å². The highest BCUT2D eigenvalue weighted by Crippen LogP contribution is 2.25. The first-order valence-corrected chi connectivity index (χ1v) is 10.0. The fourth-order valence-electron chi connectivity index (χ4n) is 3.63. The summed E-state index contributed by atoms with van der Waals surface area (Å²) in [5.41, 5.74) is 0.795. The summed E-state index contributed by atoms with van der Waals surface area (Å²) in [7, 11) is 3.87. The Balaban J connectivity index is 1.49. The van der Waals surface area contributed by atoms with Gasteiger partial charge in [-0.1, -0.05) is 10.3 Å². The Morgan fingerprint density at radius 2 is 1.83 bits per heavy atom. The number of anilines is 1. The molecule has 2 unspecified atom stereocenters. The molecule has 1 fully saturated rings. The predicted octanol–water partition coefficient (Wildman–Crippen LogP) is 1.90. The summed E-state index contributed by atoms with van der Waals surface area (Å²) in [6.07, 6.45) is 0. The number of aryl methyl sites for hydroxylation is 2. The topological polar surface area (TPSA) is 86.2 Å². The molecule has 0 aliphatic carbocycles. The van der Waals surface area contributed by atoms with Crippen LogP contribution in [0.5, 0.6) is 0 Å². The Morgan fingerprint density at radius 3 is 2.52 bits per heavy atom. The second-order valence-corrected chi connectivity index (χ2v) is 7.59. The lowest BCUT2D eigenvalue weighted by molar-refractivity contribution is 0.00205. The van der Waals surface area contributed by atoms with E-state index in [1.165, 1.54) is 0 Å². The smallest absolute Gasteiger partial charge is 0.172 e. The third-order valence-electron chi connectivity index (χ3n) is 5.09. The molecule has 0 spiro atoms. The number of ether oxygens (including phenoxy) is 3. The molecule has 3 heterocycles. The van der Waals surface area contributed by atoms with E-state index >= 15 is 0 Å². The van der Waals surface area contributed by atoms with Gasteiger partial charge in [-0.25, -0.2) is 0 Å². The highest BCUT2D eigenvalue weighted by Gasteiger charge is 2.33. The minimum absolute atomic E-state index is 0.206. The van der Waals surface area contributed by atoms with Gasteiger partial charge in [0, 0.05) is 44.8 Å². The minimum Gasteiger partial charge on any atom is -0.384 e. The second-order valence-electron chi connectivity index (χ2n) is 7.59. The lowest BCUT2D eigenvalue weighted by atomic mass is 9.97. The first-order valence-electron chi connectivity index (χ1n) is 10.0. The van der Waals surface area contributed by atoms with Gasteiger partial charge in [-0.05, 0) is 20.9 Å². The van der Waals surface area contributed by atoms with Gasteiger partial charge in [-0.3, -0.25) is 0 Å². The zero-order valence-corrected chi connectivity index (χ0v) is 17.8. The van der Waals surface area contributed by atoms with E-state index in [1.807, 2.05) is 26.0 Å². The van der Waals surface area contributed by atoms with Gasteiger partial charge in [0.15, 0.2) is 5.82 Å². The monoisotopic (exact) mass is 408 g/mol. The van der Waals surface area contributed by atoms with Crippen molar-refractivity contribution in [1.82, 2.24) is 15.2 Å². The van der Waals surface area contributed by atoms with Crippen LogP contribution >= 0.6 is 0 Å². The van der Waals surface area contributed by atoms with Gasteiger partial charge in [0.25, 0.3) is 0 Å². The van der Waals surface area contributed by atoms with Crippen LogP contribution < -0.4 is 4.90 Å². The third kappa shape index (κ3) is 6.27. The van der Waals surface area contributed by atoms with Crippen molar-refractivity contribution in [3.05, 3.63) is 29.3 Å². The lowest BCUT2D eigenvalue weighted by Crippen LogP contribution is -2.57. The van der Waals surface area contributed by atoms with Crippen LogP contribution in [0, 0.1) is 19.8 Å². The van der Waals surface area contributed by atoms with Crippen LogP contribution in [0.25, 0.3) is 0 Å². The molecule has 2 aromatic heterocycles. The molecule has 0 bridgehead atoms. The fourth-order valence-corrected chi connectivity index (χ4v) is 3.63. The van der Waals surface area contributed by atoms with E-state index in [-0.39, 0.29) is 12.0 Å². The standard InChI is InChI=1S/C20H32N4O5/c1-15-9-18(21-28-15)14-27-8-7-26-13-17(12-25-4)19-11-23(3)5-6-24(19)20-10-16(2)29-22-20/h9-10,17,19H,5-8,11-14H2,1-4H3. The first kappa shape index (κ1) is 21.8. The highest BCUT2D eigenvalue weighted by atomic mass is 16.5. The number of hydrogen-bond acceptors (Lipinski definition) is 9. The summed E-state index contributed by atoms with van der Waals surface area (Å²) in [6, 6.07) is 4.09. The van der Waals surface area contributed by atoms with E-state index < -0.39 is 0 Å². The van der Waals surface area contributed by atoms with Crippen LogP contribution in [-0.4, -0.2) is 81.5 Å². The Kier molecular flexibility index (Phi) is 8.05. The van der Waals surface area contributed by atoms with Crippen molar-refractivity contribution < 1.29 is 23.3 Å². The molecule has 2 aromatic rings. The summed E-state index contributed by atoms with van der Waals surface area (Å²) >= 11 is 0. The molecule has 0 radical (unpaired) electrons. The van der Waals surface area contributed by atoms with Gasteiger partial charge in [0.05, 0.1) is 39.1 Å². The predicted molar refractivity (Wildman–Crippen MR) is 107 cm³/mol. The number of aromatic nitrogens is 2. The molecule has 0 amide bonds. The van der Waals surface area contributed by atoms with Gasteiger partial charge in [-0.15, -0.1) is 0 Å². The minimum atomic E-state index is 0.206. The number of rotatable bonds is 11. The summed E-state index contributed by atoms with van der Waals surface area (Å²) in [6.45, 7) is 9.23. The van der Waals surface area contributed by atoms with Crippen molar-refractivity contribution in [2.75, 3.05) is 65.1 Å². The molecular formula is C20H32N4O5. The fraction of sp³-hybridized carbons (Fsp3) is 0.700. The summed E-state index contributed by atoms with van der Waals surface area (Å²) in [5, 5.41) is 8.14. The van der Waals surface area contributed by atoms with E-state index in [4.69, 9.17) is 23.3 Å². The third-order valence-corrected chi connectivity index (χ3v) is 5.09. The Labute approximate surface area is 171 Å². The molecule has 9 nitrogen and oxygen atoms in total. The zero-order chi connectivity index (χ0) is 20.6. The molecule has 1 aliphatic rings. The van der Waals surface area contributed by atoms with Gasteiger partial charge in [-0.2, -0.15) is 0 Å². The largest absolute Gasteiger partial charge is 0.384 e. The molecule has 2 atom stereocenters. The molecule has 29 heavy (non-hydrogen) atoms. The van der Waals surface area contributed by atoms with Gasteiger partial charge in [0.2, 0.25) is 0 Å². The van der Waals surface area contributed by atoms with E-state index in [1.54, 1.807) is 7.11 Å². The van der Waals surface area contributed by atoms with Gasteiger partial charge in [0.1, 0.15) is 17.2 Å². The van der Waals surface area contributed by atoms with Crippen molar-refractivity contribution in [1.29, 1.82) is 0 Å². The van der Waals surface area contributed by atoms with Crippen LogP contribution in [0.15, 0.2) is 21.2 Å². The van der Waals surface area contributed by atoms with Gasteiger partial charge < -0.3 is 33.1 Å². The van der Waals surface area contributed by atoms with E-state index in [0.717, 1.165) is 42.7 Å². The van der Waals surface area contributed by atoms with Crippen molar-refractivity contribution in [2.45, 2.75) is 26.5 Å². The van der Waals surface area contributed by atoms with Crippen LogP contribution in [-0.2, 0) is 20.8 Å². The second kappa shape index (κ2) is 10.7. The Bertz CT molecular complexity index is 734. The number of nitrogens with zero attached hydrogens (tertiary/aromatic N) is 4. The Morgan fingerprint density at radius 1 is 1.07 bits per heavy atom. The molecule has 0 aromatic carbocycles. The quantitative estimate of drug-likeness (QED) is 0.517. The van der Waals surface area contributed by atoms with E-state index in [0.29, 0.717) is 33.0 Å². The maximum Gasteiger partial charge on any atom is 0.172 e. The Hall–Kier alpha value is -1.94. The van der Waals surface area contributed by atoms with E-state index in [2.05, 4.69) is 27.2 Å². The van der Waals surface area contributed by atoms with E-state index in [9.17, 15) is 0 Å². The summed E-state index contributed by atoms with van der Waals surface area (Å²) in [4.78, 5) is 4.65. The molecule has 0 saturated carbocycles. The number of piperazine rings is 1. The first-order chi connectivity index (χ1) is 14.1. The summed E-state index contributed by atoms with van der Waals surface area (Å²) < 4.78 is 27.4. The SMILES string of the molecule is COCC(COCCOCc1cc(C)on1)C1CN(C)CCN1c1cc(C)on1. The molecule has 1 aliphatic heterocycles. The summed E-state index contributed by atoms with van der Waals surface area (Å²) in [5.74, 6) is 2.69. The van der Waals surface area contributed by atoms with Crippen LogP contribution in [0.4, 0.5) is 5.82 Å². The van der Waals surface area contributed by atoms with Crippen LogP contribution in [0.3, 0.4) is 0 Å². The molecule has 1 saturated heterocycles. The average Bonchev–Trinajstić information content (AvgIpc) is 3.31. The van der Waals surface area contributed by atoms with Crippen molar-refractivity contribution >= 4 is 5.82 Å². The van der Waals surface area contributed by atoms with Gasteiger partial charge >= 0.3 is 0 Å². The van der Waals surface area contributed by atoms with Crippen molar-refractivity contribution in [3.63, 3.8) is 0 Å². The highest BCUT2D eigenvalue weighted by molar-refractivity contribution is 5.40. The molecular weight excluding hydrogens is 376 g/mol.